The highest BCUT2D eigenvalue weighted by Crippen LogP contribution is 2.41. The fourth-order valence-electron chi connectivity index (χ4n) is 4.56. The third-order valence-corrected chi connectivity index (χ3v) is 7.12. The van der Waals surface area contributed by atoms with Crippen LogP contribution in [-0.2, 0) is 4.79 Å². The largest absolute Gasteiger partial charge is 0.355 e. The summed E-state index contributed by atoms with van der Waals surface area (Å²) >= 11 is 1.70. The highest BCUT2D eigenvalue weighted by Gasteiger charge is 2.39. The highest BCUT2D eigenvalue weighted by atomic mass is 32.1. The first kappa shape index (κ1) is 18.5. The van der Waals surface area contributed by atoms with E-state index < -0.39 is 12.3 Å². The van der Waals surface area contributed by atoms with Crippen molar-refractivity contribution >= 4 is 33.3 Å². The summed E-state index contributed by atoms with van der Waals surface area (Å²) in [5.41, 5.74) is 1.24. The van der Waals surface area contributed by atoms with Crippen LogP contribution in [0.5, 0.6) is 0 Å². The summed E-state index contributed by atoms with van der Waals surface area (Å²) in [7, 11) is 0. The summed E-state index contributed by atoms with van der Waals surface area (Å²) in [4.78, 5) is 25.3. The maximum Gasteiger partial charge on any atom is 0.315 e. The molecule has 1 N–H and O–H groups in total. The van der Waals surface area contributed by atoms with Crippen LogP contribution in [-0.4, -0.2) is 41.4 Å². The van der Waals surface area contributed by atoms with Crippen LogP contribution < -0.4 is 10.2 Å². The summed E-state index contributed by atoms with van der Waals surface area (Å²) < 4.78 is 25.1. The Morgan fingerprint density at radius 3 is 2.67 bits per heavy atom. The standard InChI is InChI=1S/C19H24F2N4OS/c1-9-10(2)27-19-15(9)17(22-11(3)23-19)25-7-12-4-5-14(6-13(12)8-25)24-18(26)16(20)21/h12-14,16H,4-8H2,1-3H3,(H,24,26). The minimum atomic E-state index is -2.94. The molecule has 1 aliphatic carbocycles. The Morgan fingerprint density at radius 1 is 1.19 bits per heavy atom. The number of rotatable bonds is 3. The molecular formula is C19H24F2N4OS. The van der Waals surface area contributed by atoms with Gasteiger partial charge < -0.3 is 10.2 Å². The molecule has 3 heterocycles. The number of anilines is 1. The Hall–Kier alpha value is -1.83. The first-order chi connectivity index (χ1) is 12.8. The van der Waals surface area contributed by atoms with Gasteiger partial charge in [0.1, 0.15) is 16.5 Å². The van der Waals surface area contributed by atoms with Gasteiger partial charge in [-0.15, -0.1) is 11.3 Å². The molecule has 146 valence electrons. The molecule has 2 aromatic rings. The Balaban J connectivity index is 1.55. The average Bonchev–Trinajstić information content (AvgIpc) is 3.15. The average molecular weight is 394 g/mol. The number of thiophene rings is 1. The van der Waals surface area contributed by atoms with Gasteiger partial charge in [-0.25, -0.2) is 9.97 Å². The molecule has 27 heavy (non-hydrogen) atoms. The number of hydrogen-bond acceptors (Lipinski definition) is 5. The number of carbonyl (C=O) groups is 1. The van der Waals surface area contributed by atoms with Gasteiger partial charge in [-0.1, -0.05) is 0 Å². The molecule has 0 radical (unpaired) electrons. The Labute approximate surface area is 161 Å². The number of nitrogens with zero attached hydrogens (tertiary/aromatic N) is 3. The van der Waals surface area contributed by atoms with Crippen molar-refractivity contribution in [3.05, 3.63) is 16.3 Å². The maximum absolute atomic E-state index is 12.5. The molecule has 2 aliphatic rings. The topological polar surface area (TPSA) is 58.1 Å². The van der Waals surface area contributed by atoms with Gasteiger partial charge in [-0.2, -0.15) is 8.78 Å². The van der Waals surface area contributed by atoms with E-state index in [0.29, 0.717) is 11.8 Å². The zero-order valence-corrected chi connectivity index (χ0v) is 16.6. The van der Waals surface area contributed by atoms with Crippen LogP contribution in [0.1, 0.15) is 35.5 Å². The summed E-state index contributed by atoms with van der Waals surface area (Å²) in [6.45, 7) is 7.94. The minimum absolute atomic E-state index is 0.148. The maximum atomic E-state index is 12.5. The number of alkyl halides is 2. The highest BCUT2D eigenvalue weighted by molar-refractivity contribution is 7.18. The van der Waals surface area contributed by atoms with Gasteiger partial charge in [-0.3, -0.25) is 4.79 Å². The van der Waals surface area contributed by atoms with E-state index in [1.54, 1.807) is 11.3 Å². The lowest BCUT2D eigenvalue weighted by atomic mass is 9.79. The predicted molar refractivity (Wildman–Crippen MR) is 103 cm³/mol. The number of aryl methyl sites for hydroxylation is 3. The van der Waals surface area contributed by atoms with Gasteiger partial charge in [-0.05, 0) is 57.4 Å². The van der Waals surface area contributed by atoms with E-state index >= 15 is 0 Å². The zero-order valence-electron chi connectivity index (χ0n) is 15.8. The van der Waals surface area contributed by atoms with Crippen LogP contribution in [0, 0.1) is 32.6 Å². The number of amides is 1. The monoisotopic (exact) mass is 394 g/mol. The predicted octanol–water partition coefficient (Wildman–Crippen LogP) is 3.60. The van der Waals surface area contributed by atoms with Crippen molar-refractivity contribution in [3.8, 4) is 0 Å². The second kappa shape index (κ2) is 6.96. The summed E-state index contributed by atoms with van der Waals surface area (Å²) in [5, 5.41) is 3.65. The van der Waals surface area contributed by atoms with Gasteiger partial charge >= 0.3 is 6.43 Å². The van der Waals surface area contributed by atoms with Crippen LogP contribution in [0.15, 0.2) is 0 Å². The second-order valence-electron chi connectivity index (χ2n) is 7.80. The fourth-order valence-corrected chi connectivity index (χ4v) is 5.63. The molecule has 3 unspecified atom stereocenters. The van der Waals surface area contributed by atoms with Crippen molar-refractivity contribution < 1.29 is 13.6 Å². The molecular weight excluding hydrogens is 370 g/mol. The molecule has 1 saturated carbocycles. The molecule has 0 aromatic carbocycles. The zero-order chi connectivity index (χ0) is 19.3. The van der Waals surface area contributed by atoms with Gasteiger partial charge in [0.05, 0.1) is 5.39 Å². The molecule has 0 bridgehead atoms. The molecule has 1 aliphatic heterocycles. The minimum Gasteiger partial charge on any atom is -0.355 e. The third-order valence-electron chi connectivity index (χ3n) is 6.02. The van der Waals surface area contributed by atoms with E-state index in [2.05, 4.69) is 29.0 Å². The lowest BCUT2D eigenvalue weighted by Crippen LogP contribution is -2.43. The first-order valence-corrected chi connectivity index (χ1v) is 10.2. The molecule has 8 heteroatoms. The van der Waals surface area contributed by atoms with Crippen molar-refractivity contribution in [2.75, 3.05) is 18.0 Å². The summed E-state index contributed by atoms with van der Waals surface area (Å²) in [6, 6.07) is -0.148. The van der Waals surface area contributed by atoms with E-state index in [0.717, 1.165) is 54.2 Å². The quantitative estimate of drug-likeness (QED) is 0.864. The summed E-state index contributed by atoms with van der Waals surface area (Å²) in [5.74, 6) is 1.55. The van der Waals surface area contributed by atoms with E-state index in [9.17, 15) is 13.6 Å². The smallest absolute Gasteiger partial charge is 0.315 e. The molecule has 1 saturated heterocycles. The van der Waals surface area contributed by atoms with Gasteiger partial charge in [0.25, 0.3) is 5.91 Å². The van der Waals surface area contributed by atoms with Gasteiger partial charge in [0, 0.05) is 24.0 Å². The van der Waals surface area contributed by atoms with Crippen molar-refractivity contribution in [1.82, 2.24) is 15.3 Å². The lowest BCUT2D eigenvalue weighted by Gasteiger charge is -2.31. The Bertz CT molecular complexity index is 884. The number of nitrogens with one attached hydrogen (secondary N) is 1. The van der Waals surface area contributed by atoms with Crippen LogP contribution >= 0.6 is 11.3 Å². The number of fused-ring (bicyclic) bond motifs is 2. The van der Waals surface area contributed by atoms with Gasteiger partial charge in [0.2, 0.25) is 0 Å². The Morgan fingerprint density at radius 2 is 1.93 bits per heavy atom. The molecule has 0 spiro atoms. The Kier molecular flexibility index (Phi) is 4.78. The number of carbonyl (C=O) groups excluding carboxylic acids is 1. The molecule has 3 atom stereocenters. The van der Waals surface area contributed by atoms with Crippen LogP contribution in [0.2, 0.25) is 0 Å². The van der Waals surface area contributed by atoms with Crippen molar-refractivity contribution in [2.45, 2.75) is 52.5 Å². The van der Waals surface area contributed by atoms with Crippen molar-refractivity contribution in [2.24, 2.45) is 11.8 Å². The van der Waals surface area contributed by atoms with Crippen LogP contribution in [0.4, 0.5) is 14.6 Å². The normalized spacial score (nSPS) is 25.3. The van der Waals surface area contributed by atoms with E-state index in [-0.39, 0.29) is 6.04 Å². The second-order valence-corrected chi connectivity index (χ2v) is 9.01. The van der Waals surface area contributed by atoms with Crippen LogP contribution in [0.25, 0.3) is 10.2 Å². The molecule has 2 fully saturated rings. The SMILES string of the molecule is Cc1nc(N2CC3CCC(NC(=O)C(F)F)CC3C2)c2c(C)c(C)sc2n1. The molecule has 5 nitrogen and oxygen atoms in total. The van der Waals surface area contributed by atoms with Gasteiger partial charge in [0.15, 0.2) is 0 Å². The van der Waals surface area contributed by atoms with Crippen molar-refractivity contribution in [1.29, 1.82) is 0 Å². The van der Waals surface area contributed by atoms with E-state index in [1.807, 2.05) is 6.92 Å². The van der Waals surface area contributed by atoms with E-state index in [4.69, 9.17) is 4.98 Å². The third kappa shape index (κ3) is 3.39. The molecule has 4 rings (SSSR count). The number of hydrogen-bond donors (Lipinski definition) is 1. The van der Waals surface area contributed by atoms with Crippen molar-refractivity contribution in [3.63, 3.8) is 0 Å². The fraction of sp³-hybridized carbons (Fsp3) is 0.632. The first-order valence-electron chi connectivity index (χ1n) is 9.41. The molecule has 2 aromatic heterocycles. The molecule has 1 amide bonds. The lowest BCUT2D eigenvalue weighted by molar-refractivity contribution is -0.132. The number of aromatic nitrogens is 2. The van der Waals surface area contributed by atoms with E-state index in [1.165, 1.54) is 10.4 Å². The van der Waals surface area contributed by atoms with Crippen LogP contribution in [0.3, 0.4) is 0 Å². The summed E-state index contributed by atoms with van der Waals surface area (Å²) in [6.07, 6.45) is -0.467. The number of halogens is 2.